The third-order valence-electron chi connectivity index (χ3n) is 6.96. The molecule has 4 aromatic carbocycles. The SMILES string of the molecule is C/C=C\c1cc(C(c2ccccc2)(c2ccccc2)c2ccc(OS(=O)(=O)C(F)(F)F)c(/C=C\C)c2)ccc1OS(=O)(=O)C(F)(F)F. The van der Waals surface area contributed by atoms with Crippen LogP contribution < -0.4 is 8.37 Å². The maximum Gasteiger partial charge on any atom is 0.534 e. The number of hydrogen-bond donors (Lipinski definition) is 0. The molecule has 6 nitrogen and oxygen atoms in total. The van der Waals surface area contributed by atoms with Gasteiger partial charge in [0, 0.05) is 11.1 Å². The smallest absolute Gasteiger partial charge is 0.375 e. The first-order valence-corrected chi connectivity index (χ1v) is 16.5. The van der Waals surface area contributed by atoms with Gasteiger partial charge >= 0.3 is 31.3 Å². The van der Waals surface area contributed by atoms with Crippen LogP contribution in [0.3, 0.4) is 0 Å². The lowest BCUT2D eigenvalue weighted by Crippen LogP contribution is -2.32. The van der Waals surface area contributed by atoms with Gasteiger partial charge in [0.15, 0.2) is 0 Å². The van der Waals surface area contributed by atoms with Crippen LogP contribution in [0.2, 0.25) is 0 Å². The summed E-state index contributed by atoms with van der Waals surface area (Å²) < 4.78 is 136. The zero-order valence-corrected chi connectivity index (χ0v) is 26.2. The number of allylic oxidation sites excluding steroid dienone is 2. The molecule has 0 amide bonds. The Bertz CT molecular complexity index is 1860. The van der Waals surface area contributed by atoms with E-state index >= 15 is 0 Å². The summed E-state index contributed by atoms with van der Waals surface area (Å²) in [4.78, 5) is 0. The van der Waals surface area contributed by atoms with Crippen LogP contribution in [0.1, 0.15) is 47.2 Å². The fourth-order valence-corrected chi connectivity index (χ4v) is 6.01. The first-order chi connectivity index (χ1) is 22.0. The van der Waals surface area contributed by atoms with Gasteiger partial charge in [0.2, 0.25) is 0 Å². The molecular weight excluding hydrogens is 670 g/mol. The summed E-state index contributed by atoms with van der Waals surface area (Å²) in [5.74, 6) is -1.20. The molecule has 4 aromatic rings. The average Bonchev–Trinajstić information content (AvgIpc) is 3.00. The van der Waals surface area contributed by atoms with Crippen molar-refractivity contribution in [3.8, 4) is 11.5 Å². The average molecular weight is 697 g/mol. The maximum absolute atomic E-state index is 13.2. The van der Waals surface area contributed by atoms with Gasteiger partial charge in [-0.3, -0.25) is 0 Å². The van der Waals surface area contributed by atoms with E-state index in [4.69, 9.17) is 0 Å². The standard InChI is InChI=1S/C33H26F6O6S2/c1-3-11-23-21-27(17-19-29(23)44-46(40,41)32(34,35)36)31(25-13-7-5-8-14-25,26-15-9-6-10-16-26)28-18-20-30(24(22-28)12-4-2)45-47(42,43)33(37,38)39/h3-22H,1-2H3/b11-3-,12-4-. The number of rotatable bonds is 10. The Morgan fingerprint density at radius 2 is 0.851 bits per heavy atom. The van der Waals surface area contributed by atoms with Gasteiger partial charge in [-0.05, 0) is 60.4 Å². The Hall–Kier alpha value is -4.56. The predicted molar refractivity (Wildman–Crippen MR) is 165 cm³/mol. The van der Waals surface area contributed by atoms with E-state index in [2.05, 4.69) is 8.37 Å². The molecule has 0 fully saturated rings. The quantitative estimate of drug-likeness (QED) is 0.0715. The zero-order chi connectivity index (χ0) is 34.7. The highest BCUT2D eigenvalue weighted by Crippen LogP contribution is 2.47. The lowest BCUT2D eigenvalue weighted by Gasteiger charge is -2.37. The Labute approximate surface area is 267 Å². The van der Waals surface area contributed by atoms with E-state index in [9.17, 15) is 43.2 Å². The van der Waals surface area contributed by atoms with E-state index in [1.165, 1.54) is 48.6 Å². The van der Waals surface area contributed by atoms with Crippen molar-refractivity contribution in [1.82, 2.24) is 0 Å². The number of alkyl halides is 6. The third-order valence-corrected chi connectivity index (χ3v) is 8.89. The molecule has 0 N–H and O–H groups in total. The molecule has 0 aromatic heterocycles. The van der Waals surface area contributed by atoms with Crippen LogP contribution in [0.15, 0.2) is 109 Å². The zero-order valence-electron chi connectivity index (χ0n) is 24.6. The van der Waals surface area contributed by atoms with Crippen molar-refractivity contribution >= 4 is 32.4 Å². The third kappa shape index (κ3) is 7.08. The molecule has 0 spiro atoms. The Kier molecular flexibility index (Phi) is 9.97. The van der Waals surface area contributed by atoms with Crippen molar-refractivity contribution in [3.05, 3.63) is 143 Å². The van der Waals surface area contributed by atoms with Crippen LogP contribution in [0.4, 0.5) is 26.3 Å². The number of benzene rings is 4. The van der Waals surface area contributed by atoms with E-state index in [0.29, 0.717) is 22.3 Å². The van der Waals surface area contributed by atoms with E-state index < -0.39 is 48.2 Å². The van der Waals surface area contributed by atoms with Crippen molar-refractivity contribution in [2.75, 3.05) is 0 Å². The summed E-state index contributed by atoms with van der Waals surface area (Å²) in [7, 11) is -12.0. The predicted octanol–water partition coefficient (Wildman–Crippen LogP) is 8.59. The molecule has 0 aliphatic rings. The van der Waals surface area contributed by atoms with Crippen LogP contribution in [-0.4, -0.2) is 27.9 Å². The summed E-state index contributed by atoms with van der Waals surface area (Å²) in [5, 5.41) is 0. The molecule has 0 atom stereocenters. The highest BCUT2D eigenvalue weighted by Gasteiger charge is 2.50. The molecule has 47 heavy (non-hydrogen) atoms. The highest BCUT2D eigenvalue weighted by atomic mass is 32.2. The van der Waals surface area contributed by atoms with Crippen LogP contribution in [-0.2, 0) is 25.7 Å². The largest absolute Gasteiger partial charge is 0.534 e. The van der Waals surface area contributed by atoms with Crippen molar-refractivity contribution in [1.29, 1.82) is 0 Å². The molecule has 0 heterocycles. The lowest BCUT2D eigenvalue weighted by molar-refractivity contribution is -0.0504. The summed E-state index contributed by atoms with van der Waals surface area (Å²) in [6.07, 6.45) is 5.65. The van der Waals surface area contributed by atoms with Crippen LogP contribution in [0.25, 0.3) is 12.2 Å². The fraction of sp³-hybridized carbons (Fsp3) is 0.152. The van der Waals surface area contributed by atoms with Crippen LogP contribution >= 0.6 is 0 Å². The molecule has 0 aliphatic carbocycles. The summed E-state index contributed by atoms with van der Waals surface area (Å²) >= 11 is 0. The van der Waals surface area contributed by atoms with Crippen LogP contribution in [0.5, 0.6) is 11.5 Å². The van der Waals surface area contributed by atoms with Gasteiger partial charge in [-0.1, -0.05) is 97.1 Å². The minimum atomic E-state index is -6.02. The summed E-state index contributed by atoms with van der Waals surface area (Å²) in [5.41, 5.74) is -10.8. The van der Waals surface area contributed by atoms with E-state index in [-0.39, 0.29) is 11.1 Å². The maximum atomic E-state index is 13.2. The van der Waals surface area contributed by atoms with Gasteiger partial charge in [-0.2, -0.15) is 43.2 Å². The van der Waals surface area contributed by atoms with Gasteiger partial charge in [0.05, 0.1) is 5.41 Å². The molecule has 0 saturated carbocycles. The van der Waals surface area contributed by atoms with Crippen LogP contribution in [0, 0.1) is 0 Å². The lowest BCUT2D eigenvalue weighted by atomic mass is 9.64. The summed E-state index contributed by atoms with van der Waals surface area (Å²) in [6, 6.07) is 25.2. The Morgan fingerprint density at radius 3 is 1.15 bits per heavy atom. The van der Waals surface area contributed by atoms with Gasteiger partial charge in [-0.25, -0.2) is 0 Å². The fourth-order valence-electron chi connectivity index (χ4n) is 5.04. The highest BCUT2D eigenvalue weighted by molar-refractivity contribution is 7.88. The normalized spacial score (nSPS) is 13.3. The molecule has 0 saturated heterocycles. The molecule has 0 radical (unpaired) electrons. The molecular formula is C33H26F6O6S2. The Morgan fingerprint density at radius 1 is 0.511 bits per heavy atom. The molecule has 14 heteroatoms. The van der Waals surface area contributed by atoms with Gasteiger partial charge in [0.1, 0.15) is 11.5 Å². The van der Waals surface area contributed by atoms with E-state index in [0.717, 1.165) is 12.1 Å². The molecule has 0 bridgehead atoms. The van der Waals surface area contributed by atoms with Crippen molar-refractivity contribution in [2.24, 2.45) is 0 Å². The van der Waals surface area contributed by atoms with Gasteiger partial charge in [-0.15, -0.1) is 0 Å². The van der Waals surface area contributed by atoms with E-state index in [1.807, 2.05) is 0 Å². The molecule has 0 unspecified atom stereocenters. The van der Waals surface area contributed by atoms with Crippen molar-refractivity contribution in [2.45, 2.75) is 30.3 Å². The summed E-state index contributed by atoms with van der Waals surface area (Å²) in [6.45, 7) is 3.13. The van der Waals surface area contributed by atoms with Crippen molar-refractivity contribution < 1.29 is 51.5 Å². The molecule has 0 aliphatic heterocycles. The number of hydrogen-bond acceptors (Lipinski definition) is 6. The van der Waals surface area contributed by atoms with Crippen molar-refractivity contribution in [3.63, 3.8) is 0 Å². The minimum absolute atomic E-state index is 0.0287. The first-order valence-electron chi connectivity index (χ1n) is 13.6. The first kappa shape index (κ1) is 35.3. The van der Waals surface area contributed by atoms with E-state index in [1.54, 1.807) is 74.5 Å². The van der Waals surface area contributed by atoms with Gasteiger partial charge in [0.25, 0.3) is 0 Å². The topological polar surface area (TPSA) is 86.7 Å². The molecule has 248 valence electrons. The minimum Gasteiger partial charge on any atom is -0.375 e. The Balaban J connectivity index is 2.10. The monoisotopic (exact) mass is 696 g/mol. The second-order valence-corrected chi connectivity index (χ2v) is 13.0. The second kappa shape index (κ2) is 13.3. The van der Waals surface area contributed by atoms with Gasteiger partial charge < -0.3 is 8.37 Å². The molecule has 4 rings (SSSR count). The number of halogens is 6. The second-order valence-electron chi connectivity index (χ2n) is 9.95.